The highest BCUT2D eigenvalue weighted by molar-refractivity contribution is 9.10. The molecule has 2 aromatic rings. The number of carbonyl (C=O) groups excluding carboxylic acids is 1. The van der Waals surface area contributed by atoms with E-state index >= 15 is 0 Å². The van der Waals surface area contributed by atoms with Gasteiger partial charge in [0.05, 0.1) is 23.0 Å². The van der Waals surface area contributed by atoms with Crippen molar-refractivity contribution >= 4 is 33.7 Å². The Hall–Kier alpha value is -2.61. The molecule has 132 valence electrons. The summed E-state index contributed by atoms with van der Waals surface area (Å²) in [6.07, 6.45) is 1.24. The van der Waals surface area contributed by atoms with Crippen molar-refractivity contribution in [3.05, 3.63) is 52.3 Å². The second-order valence-electron chi connectivity index (χ2n) is 4.82. The molecule has 0 saturated carbocycles. The fourth-order valence-corrected chi connectivity index (χ4v) is 2.59. The van der Waals surface area contributed by atoms with E-state index in [-0.39, 0.29) is 12.3 Å². The lowest BCUT2D eigenvalue weighted by atomic mass is 10.2. The Kier molecular flexibility index (Phi) is 6.76. The maximum absolute atomic E-state index is 13.5. The van der Waals surface area contributed by atoms with Gasteiger partial charge < -0.3 is 20.0 Å². The van der Waals surface area contributed by atoms with E-state index in [1.807, 2.05) is 0 Å². The molecular weight excluding hydrogens is 395 g/mol. The fraction of sp³-hybridized carbons (Fsp3) is 0.176. The molecule has 2 rings (SSSR count). The third-order valence-electron chi connectivity index (χ3n) is 3.03. The first kappa shape index (κ1) is 18.7. The van der Waals surface area contributed by atoms with Crippen molar-refractivity contribution in [1.82, 2.24) is 0 Å². The smallest absolute Gasteiger partial charge is 0.262 e. The molecule has 0 saturated heterocycles. The molecule has 0 unspecified atom stereocenters. The number of nitrogens with zero attached hydrogens (tertiary/aromatic N) is 1. The summed E-state index contributed by atoms with van der Waals surface area (Å²) in [5.41, 5.74) is 0.663. The second-order valence-corrected chi connectivity index (χ2v) is 5.68. The quantitative estimate of drug-likeness (QED) is 0.413. The van der Waals surface area contributed by atoms with Crippen LogP contribution in [-0.4, -0.2) is 30.5 Å². The summed E-state index contributed by atoms with van der Waals surface area (Å²) in [4.78, 5) is 12.0. The van der Waals surface area contributed by atoms with Crippen LogP contribution < -0.4 is 14.8 Å². The number of hydrogen-bond acceptors (Lipinski definition) is 5. The van der Waals surface area contributed by atoms with Gasteiger partial charge in [0.2, 0.25) is 0 Å². The van der Waals surface area contributed by atoms with Crippen LogP contribution in [0.5, 0.6) is 11.5 Å². The monoisotopic (exact) mass is 410 g/mol. The summed E-state index contributed by atoms with van der Waals surface area (Å²) in [7, 11) is 0. The molecule has 0 radical (unpaired) electrons. The molecule has 0 bridgehead atoms. The first-order chi connectivity index (χ1) is 12.0. The van der Waals surface area contributed by atoms with Gasteiger partial charge in [0, 0.05) is 5.56 Å². The molecule has 0 atom stereocenters. The Balaban J connectivity index is 2.11. The number of ether oxygens (including phenoxy) is 2. The number of hydrogen-bond donors (Lipinski definition) is 2. The van der Waals surface area contributed by atoms with E-state index in [0.717, 1.165) is 0 Å². The molecule has 8 heteroatoms. The summed E-state index contributed by atoms with van der Waals surface area (Å²) in [6, 6.07) is 9.11. The largest absolute Gasteiger partial charge is 0.490 e. The van der Waals surface area contributed by atoms with Crippen molar-refractivity contribution in [2.45, 2.75) is 6.92 Å². The molecule has 1 amide bonds. The Morgan fingerprint density at radius 1 is 1.36 bits per heavy atom. The molecule has 2 N–H and O–H groups in total. The molecule has 0 aliphatic heterocycles. The van der Waals surface area contributed by atoms with Crippen molar-refractivity contribution in [3.8, 4) is 11.5 Å². The minimum Gasteiger partial charge on any atom is -0.490 e. The summed E-state index contributed by atoms with van der Waals surface area (Å²) in [5.74, 6) is -0.341. The molecule has 0 spiro atoms. The van der Waals surface area contributed by atoms with Gasteiger partial charge in [-0.1, -0.05) is 17.3 Å². The number of rotatable bonds is 7. The Bertz CT molecular complexity index is 783. The number of amides is 1. The Labute approximate surface area is 152 Å². The van der Waals surface area contributed by atoms with Crippen LogP contribution in [0.4, 0.5) is 10.1 Å². The topological polar surface area (TPSA) is 80.2 Å². The van der Waals surface area contributed by atoms with Gasteiger partial charge in [-0.2, -0.15) is 0 Å². The van der Waals surface area contributed by atoms with Crippen molar-refractivity contribution in [2.75, 3.05) is 18.5 Å². The number of oxime groups is 1. The van der Waals surface area contributed by atoms with E-state index < -0.39 is 11.7 Å². The summed E-state index contributed by atoms with van der Waals surface area (Å²) >= 11 is 3.33. The number of halogens is 2. The second kappa shape index (κ2) is 9.03. The highest BCUT2D eigenvalue weighted by Crippen LogP contribution is 2.36. The third kappa shape index (κ3) is 5.18. The third-order valence-corrected chi connectivity index (χ3v) is 3.62. The van der Waals surface area contributed by atoms with Gasteiger partial charge in [-0.25, -0.2) is 4.39 Å². The van der Waals surface area contributed by atoms with Crippen LogP contribution in [0.1, 0.15) is 12.5 Å². The van der Waals surface area contributed by atoms with E-state index in [1.165, 1.54) is 24.4 Å². The summed E-state index contributed by atoms with van der Waals surface area (Å²) in [6.45, 7) is 1.85. The normalized spacial score (nSPS) is 10.7. The van der Waals surface area contributed by atoms with Gasteiger partial charge in [0.15, 0.2) is 18.1 Å². The molecule has 25 heavy (non-hydrogen) atoms. The highest BCUT2D eigenvalue weighted by Gasteiger charge is 2.14. The van der Waals surface area contributed by atoms with E-state index in [9.17, 15) is 9.18 Å². The van der Waals surface area contributed by atoms with Gasteiger partial charge in [0.25, 0.3) is 5.91 Å². The van der Waals surface area contributed by atoms with Crippen LogP contribution in [0.2, 0.25) is 0 Å². The van der Waals surface area contributed by atoms with Crippen molar-refractivity contribution in [2.24, 2.45) is 5.16 Å². The number of carbonyl (C=O) groups is 1. The number of benzene rings is 2. The Morgan fingerprint density at radius 2 is 2.12 bits per heavy atom. The Morgan fingerprint density at radius 3 is 2.80 bits per heavy atom. The minimum absolute atomic E-state index is 0.0784. The SMILES string of the molecule is CCOc1cc(/C=N/O)cc(Br)c1OCC(=O)Nc1ccccc1F. The minimum atomic E-state index is -0.528. The predicted molar refractivity (Wildman–Crippen MR) is 95.2 cm³/mol. The summed E-state index contributed by atoms with van der Waals surface area (Å²) < 4.78 is 25.1. The standard InChI is InChI=1S/C17H16BrFN2O4/c1-2-24-15-8-11(9-20-23)7-12(18)17(15)25-10-16(22)21-14-6-4-3-5-13(14)19/h3-9,23H,2,10H2,1H3,(H,21,22)/b20-9+. The maximum Gasteiger partial charge on any atom is 0.262 e. The van der Waals surface area contributed by atoms with Crippen LogP contribution in [-0.2, 0) is 4.79 Å². The molecule has 6 nitrogen and oxygen atoms in total. The van der Waals surface area contributed by atoms with Gasteiger partial charge in [-0.3, -0.25) is 4.79 Å². The lowest BCUT2D eigenvalue weighted by molar-refractivity contribution is -0.118. The van der Waals surface area contributed by atoms with Crippen molar-refractivity contribution in [3.63, 3.8) is 0 Å². The van der Waals surface area contributed by atoms with E-state index in [4.69, 9.17) is 14.7 Å². The van der Waals surface area contributed by atoms with Gasteiger partial charge >= 0.3 is 0 Å². The zero-order chi connectivity index (χ0) is 18.2. The number of para-hydroxylation sites is 1. The van der Waals surface area contributed by atoms with Crippen LogP contribution in [0.3, 0.4) is 0 Å². The average Bonchev–Trinajstić information content (AvgIpc) is 2.57. The van der Waals surface area contributed by atoms with E-state index in [1.54, 1.807) is 25.1 Å². The lowest BCUT2D eigenvalue weighted by Gasteiger charge is -2.14. The van der Waals surface area contributed by atoms with E-state index in [0.29, 0.717) is 28.1 Å². The number of anilines is 1. The fourth-order valence-electron chi connectivity index (χ4n) is 2.02. The summed E-state index contributed by atoms with van der Waals surface area (Å²) in [5, 5.41) is 14.0. The first-order valence-corrected chi connectivity index (χ1v) is 8.15. The van der Waals surface area contributed by atoms with Crippen molar-refractivity contribution in [1.29, 1.82) is 0 Å². The molecule has 0 aliphatic rings. The zero-order valence-corrected chi connectivity index (χ0v) is 14.9. The van der Waals surface area contributed by atoms with Crippen LogP contribution >= 0.6 is 15.9 Å². The molecule has 0 heterocycles. The number of nitrogens with one attached hydrogen (secondary N) is 1. The van der Waals surface area contributed by atoms with Crippen molar-refractivity contribution < 1.29 is 23.9 Å². The first-order valence-electron chi connectivity index (χ1n) is 7.36. The van der Waals surface area contributed by atoms with Gasteiger partial charge in [-0.05, 0) is 47.1 Å². The lowest BCUT2D eigenvalue weighted by Crippen LogP contribution is -2.21. The zero-order valence-electron chi connectivity index (χ0n) is 13.3. The van der Waals surface area contributed by atoms with E-state index in [2.05, 4.69) is 26.4 Å². The average molecular weight is 411 g/mol. The molecule has 2 aromatic carbocycles. The predicted octanol–water partition coefficient (Wildman–Crippen LogP) is 3.81. The molecule has 0 aromatic heterocycles. The van der Waals surface area contributed by atoms with Gasteiger partial charge in [0.1, 0.15) is 5.82 Å². The van der Waals surface area contributed by atoms with Crippen LogP contribution in [0.25, 0.3) is 0 Å². The molecule has 0 aliphatic carbocycles. The highest BCUT2D eigenvalue weighted by atomic mass is 79.9. The van der Waals surface area contributed by atoms with Crippen LogP contribution in [0.15, 0.2) is 46.0 Å². The van der Waals surface area contributed by atoms with Gasteiger partial charge in [-0.15, -0.1) is 0 Å². The van der Waals surface area contributed by atoms with Crippen LogP contribution in [0, 0.1) is 5.82 Å². The maximum atomic E-state index is 13.5. The molecular formula is C17H16BrFN2O4. The molecule has 0 fully saturated rings.